The molecule has 4 aliphatic rings. The maximum atomic E-state index is 14.4. The molecule has 0 saturated carbocycles. The van der Waals surface area contributed by atoms with Crippen LogP contribution in [-0.4, -0.2) is 91.3 Å². The van der Waals surface area contributed by atoms with Gasteiger partial charge in [-0.1, -0.05) is 11.2 Å². The minimum atomic E-state index is -4.97. The van der Waals surface area contributed by atoms with Crippen LogP contribution >= 0.6 is 7.82 Å². The zero-order chi connectivity index (χ0) is 36.8. The number of rotatable bonds is 8. The Balaban J connectivity index is 1.39. The fourth-order valence-corrected chi connectivity index (χ4v) is 7.12. The van der Waals surface area contributed by atoms with E-state index >= 15 is 0 Å². The van der Waals surface area contributed by atoms with Crippen molar-refractivity contribution in [2.24, 2.45) is 5.16 Å². The molecule has 4 aliphatic heterocycles. The predicted octanol–water partition coefficient (Wildman–Crippen LogP) is 2.34. The lowest BCUT2D eigenvalue weighted by Crippen LogP contribution is -2.53. The Morgan fingerprint density at radius 3 is 2.65 bits per heavy atom. The van der Waals surface area contributed by atoms with Gasteiger partial charge in [0.25, 0.3) is 11.8 Å². The first-order valence-electron chi connectivity index (χ1n) is 16.0. The average molecular weight is 738 g/mol. The minimum Gasteiger partial charge on any atom is -0.422 e. The second kappa shape index (κ2) is 13.8. The van der Waals surface area contributed by atoms with Gasteiger partial charge in [0, 0.05) is 49.9 Å². The Kier molecular flexibility index (Phi) is 9.75. The molecule has 0 aliphatic carbocycles. The second-order valence-electron chi connectivity index (χ2n) is 12.8. The van der Waals surface area contributed by atoms with Gasteiger partial charge in [0.15, 0.2) is 11.3 Å². The molecule has 2 aromatic rings. The summed E-state index contributed by atoms with van der Waals surface area (Å²) in [5.41, 5.74) is -2.45. The van der Waals surface area contributed by atoms with Crippen molar-refractivity contribution in [1.29, 1.82) is 0 Å². The summed E-state index contributed by atoms with van der Waals surface area (Å²) in [6.07, 6.45) is 1.62. The summed E-state index contributed by atoms with van der Waals surface area (Å²) in [6.45, 7) is 2.11. The molecular weight excluding hydrogens is 703 g/mol. The van der Waals surface area contributed by atoms with Crippen LogP contribution < -0.4 is 15.5 Å². The standard InChI is InChI=1S/C31H34F2N5O12P/c1-16-11-31(50-35-16)8-7-17(2)37-14-23(31)38-13-20(27(40)34-12-18-5-6-19(32)10-21(18)33)25(39)26(24(38)28(37)41)49-29(42)22-4-3-9-36(22)30(43)47-15-48-51(44,45)46/h5-6,10,13,17,22-23H,3-4,7-9,11-12,14-15H2,1-2H3,(H,34,40)(H2,44,45,46)/t17-,22-,23+,31-/m0/s1. The average Bonchev–Trinajstić information content (AvgIpc) is 3.68. The van der Waals surface area contributed by atoms with Crippen molar-refractivity contribution in [2.75, 3.05) is 19.9 Å². The first kappa shape index (κ1) is 36.1. The van der Waals surface area contributed by atoms with Crippen LogP contribution in [0.1, 0.15) is 78.4 Å². The van der Waals surface area contributed by atoms with E-state index in [-0.39, 0.29) is 43.2 Å². The smallest absolute Gasteiger partial charge is 0.422 e. The van der Waals surface area contributed by atoms with E-state index < -0.39 is 91.1 Å². The van der Waals surface area contributed by atoms with Crippen molar-refractivity contribution < 1.29 is 61.1 Å². The van der Waals surface area contributed by atoms with Gasteiger partial charge in [-0.2, -0.15) is 0 Å². The molecule has 1 spiro atoms. The zero-order valence-electron chi connectivity index (χ0n) is 27.4. The number of aromatic nitrogens is 1. The van der Waals surface area contributed by atoms with Gasteiger partial charge in [0.1, 0.15) is 23.2 Å². The molecule has 2 saturated heterocycles. The monoisotopic (exact) mass is 737 g/mol. The van der Waals surface area contributed by atoms with Crippen LogP contribution in [-0.2, 0) is 30.0 Å². The van der Waals surface area contributed by atoms with Crippen LogP contribution in [0.4, 0.5) is 13.6 Å². The van der Waals surface area contributed by atoms with E-state index in [2.05, 4.69) is 15.0 Å². The molecule has 20 heteroatoms. The van der Waals surface area contributed by atoms with Gasteiger partial charge in [0.05, 0.1) is 11.8 Å². The molecular formula is C31H34F2N5O12P. The van der Waals surface area contributed by atoms with E-state index in [0.717, 1.165) is 17.0 Å². The number of pyridine rings is 1. The summed E-state index contributed by atoms with van der Waals surface area (Å²) >= 11 is 0. The fraction of sp³-hybridized carbons (Fsp3) is 0.484. The Bertz CT molecular complexity index is 1930. The lowest BCUT2D eigenvalue weighted by Gasteiger charge is -2.42. The number of carbonyl (C=O) groups excluding carboxylic acids is 4. The first-order valence-corrected chi connectivity index (χ1v) is 17.5. The van der Waals surface area contributed by atoms with Crippen molar-refractivity contribution >= 4 is 37.4 Å². The normalized spacial score (nSPS) is 24.1. The highest BCUT2D eigenvalue weighted by molar-refractivity contribution is 7.46. The van der Waals surface area contributed by atoms with Gasteiger partial charge in [0.2, 0.25) is 18.0 Å². The zero-order valence-corrected chi connectivity index (χ0v) is 28.3. The molecule has 0 radical (unpaired) electrons. The number of nitrogens with one attached hydrogen (secondary N) is 1. The third-order valence-corrected chi connectivity index (χ3v) is 9.93. The number of hydrogen-bond donors (Lipinski definition) is 3. The number of esters is 1. The van der Waals surface area contributed by atoms with Gasteiger partial charge >= 0.3 is 19.9 Å². The van der Waals surface area contributed by atoms with E-state index in [4.69, 9.17) is 24.1 Å². The van der Waals surface area contributed by atoms with Crippen molar-refractivity contribution in [2.45, 2.75) is 76.2 Å². The second-order valence-corrected chi connectivity index (χ2v) is 14.1. The highest BCUT2D eigenvalue weighted by Crippen LogP contribution is 2.46. The van der Waals surface area contributed by atoms with Gasteiger partial charge in [-0.15, -0.1) is 0 Å². The number of benzene rings is 1. The summed E-state index contributed by atoms with van der Waals surface area (Å²) < 4.78 is 54.7. The molecule has 0 unspecified atom stereocenters. The van der Waals surface area contributed by atoms with Crippen LogP contribution in [0.25, 0.3) is 0 Å². The molecule has 1 aromatic heterocycles. The Morgan fingerprint density at radius 1 is 1.20 bits per heavy atom. The quantitative estimate of drug-likeness (QED) is 0.202. The van der Waals surface area contributed by atoms with E-state index in [1.54, 1.807) is 6.92 Å². The molecule has 2 fully saturated rings. The third-order valence-electron chi connectivity index (χ3n) is 9.49. The molecule has 51 heavy (non-hydrogen) atoms. The Hall–Kier alpha value is -4.71. The molecule has 5 heterocycles. The van der Waals surface area contributed by atoms with Gasteiger partial charge < -0.3 is 38.9 Å². The van der Waals surface area contributed by atoms with Crippen molar-refractivity contribution in [3.8, 4) is 5.75 Å². The predicted molar refractivity (Wildman–Crippen MR) is 168 cm³/mol. The molecule has 1 aromatic carbocycles. The summed E-state index contributed by atoms with van der Waals surface area (Å²) in [5.74, 6) is -5.38. The number of likely N-dealkylation sites (tertiary alicyclic amines) is 1. The van der Waals surface area contributed by atoms with E-state index in [1.165, 1.54) is 15.7 Å². The molecule has 6 rings (SSSR count). The van der Waals surface area contributed by atoms with Crippen LogP contribution in [0.2, 0.25) is 0 Å². The van der Waals surface area contributed by atoms with E-state index in [1.807, 2.05) is 6.92 Å². The largest absolute Gasteiger partial charge is 0.472 e. The number of carbonyl (C=O) groups is 4. The first-order chi connectivity index (χ1) is 24.1. The fourth-order valence-electron chi connectivity index (χ4n) is 6.93. The van der Waals surface area contributed by atoms with Crippen molar-refractivity contribution in [3.05, 3.63) is 63.1 Å². The molecule has 3 N–H and O–H groups in total. The molecule has 3 amide bonds. The van der Waals surface area contributed by atoms with Crippen LogP contribution in [0.15, 0.2) is 34.3 Å². The van der Waals surface area contributed by atoms with Crippen LogP contribution in [0.5, 0.6) is 5.75 Å². The highest BCUT2D eigenvalue weighted by Gasteiger charge is 2.54. The summed E-state index contributed by atoms with van der Waals surface area (Å²) in [4.78, 5) is 94.5. The minimum absolute atomic E-state index is 0.0283. The van der Waals surface area contributed by atoms with E-state index in [9.17, 15) is 37.3 Å². The highest BCUT2D eigenvalue weighted by atomic mass is 31.2. The molecule has 274 valence electrons. The number of phosphoric ester groups is 1. The lowest BCUT2D eigenvalue weighted by atomic mass is 9.84. The number of fused-ring (bicyclic) bond motifs is 5. The number of phosphoric acid groups is 1. The molecule has 2 bridgehead atoms. The van der Waals surface area contributed by atoms with Gasteiger partial charge in [-0.05, 0) is 45.6 Å². The number of nitrogens with zero attached hydrogens (tertiary/aromatic N) is 4. The van der Waals surface area contributed by atoms with Gasteiger partial charge in [-0.3, -0.25) is 19.3 Å². The summed E-state index contributed by atoms with van der Waals surface area (Å²) in [6, 6.07) is 0.348. The number of ether oxygens (including phenoxy) is 2. The summed E-state index contributed by atoms with van der Waals surface area (Å²) in [5, 5.41) is 6.59. The molecule has 17 nitrogen and oxygen atoms in total. The van der Waals surface area contributed by atoms with Crippen LogP contribution in [0.3, 0.4) is 0 Å². The van der Waals surface area contributed by atoms with Gasteiger partial charge in [-0.25, -0.2) is 27.5 Å². The molecule has 4 atom stereocenters. The van der Waals surface area contributed by atoms with E-state index in [0.29, 0.717) is 31.0 Å². The summed E-state index contributed by atoms with van der Waals surface area (Å²) in [7, 11) is -4.97. The number of amides is 3. The lowest BCUT2D eigenvalue weighted by molar-refractivity contribution is -0.139. The Morgan fingerprint density at radius 2 is 1.96 bits per heavy atom. The topological polar surface area (TPSA) is 216 Å². The number of oxime groups is 1. The SMILES string of the molecule is CC1=NO[C@@]2(CC[C@H](C)N3C[C@H]2n2cc(C(=O)NCc4ccc(F)cc4F)c(=O)c(OC(=O)[C@@H]4CCCN4C(=O)OCOP(=O)(O)O)c2C3=O)C1. The number of halogens is 2. The van der Waals surface area contributed by atoms with Crippen molar-refractivity contribution in [3.63, 3.8) is 0 Å². The Labute approximate surface area is 288 Å². The number of hydrogen-bond acceptors (Lipinski definition) is 11. The maximum absolute atomic E-state index is 14.4. The van der Waals surface area contributed by atoms with Crippen molar-refractivity contribution in [1.82, 2.24) is 19.7 Å². The third kappa shape index (κ3) is 7.11. The maximum Gasteiger partial charge on any atom is 0.472 e. The van der Waals surface area contributed by atoms with Crippen LogP contribution in [0, 0.1) is 11.6 Å².